The summed E-state index contributed by atoms with van der Waals surface area (Å²) in [5, 5.41) is 0.396. The Labute approximate surface area is 104 Å². The Bertz CT molecular complexity index is 587. The molecule has 0 bridgehead atoms. The summed E-state index contributed by atoms with van der Waals surface area (Å²) in [5.41, 5.74) is 1.46. The maximum Gasteiger partial charge on any atom is 0.253 e. The van der Waals surface area contributed by atoms with E-state index >= 15 is 0 Å². The van der Waals surface area contributed by atoms with Gasteiger partial charge in [0.25, 0.3) is 5.56 Å². The Hall–Kier alpha value is -1.68. The molecule has 17 heavy (non-hydrogen) atoms. The van der Waals surface area contributed by atoms with Crippen molar-refractivity contribution < 1.29 is 0 Å². The van der Waals surface area contributed by atoms with E-state index in [0.29, 0.717) is 23.1 Å². The van der Waals surface area contributed by atoms with Crippen LogP contribution < -0.4 is 5.56 Å². The Balaban J connectivity index is 2.38. The van der Waals surface area contributed by atoms with Crippen molar-refractivity contribution in [2.75, 3.05) is 0 Å². The third-order valence-electron chi connectivity index (χ3n) is 2.39. The standard InChI is InChI=1S/C12H12ClN3O/c1-8-4-3-5-16(12(8)17)7-11-14-9(2)6-10(13)15-11/h3-6H,7H2,1-2H3. The minimum Gasteiger partial charge on any atom is -0.308 e. The predicted octanol–water partition coefficient (Wildman–Crippen LogP) is 1.96. The van der Waals surface area contributed by atoms with E-state index < -0.39 is 0 Å². The van der Waals surface area contributed by atoms with E-state index in [9.17, 15) is 4.79 Å². The van der Waals surface area contributed by atoms with Crippen LogP contribution in [0, 0.1) is 13.8 Å². The number of aromatic nitrogens is 3. The second-order valence-electron chi connectivity index (χ2n) is 3.87. The molecule has 2 heterocycles. The van der Waals surface area contributed by atoms with Crippen molar-refractivity contribution in [3.8, 4) is 0 Å². The van der Waals surface area contributed by atoms with E-state index in [1.807, 2.05) is 13.0 Å². The van der Waals surface area contributed by atoms with Crippen LogP contribution in [0.1, 0.15) is 17.1 Å². The number of nitrogens with zero attached hydrogens (tertiary/aromatic N) is 3. The lowest BCUT2D eigenvalue weighted by molar-refractivity contribution is 0.706. The molecule has 0 atom stereocenters. The lowest BCUT2D eigenvalue weighted by Crippen LogP contribution is -2.22. The van der Waals surface area contributed by atoms with Crippen LogP contribution in [0.5, 0.6) is 0 Å². The minimum absolute atomic E-state index is 0.0336. The molecule has 0 aliphatic rings. The van der Waals surface area contributed by atoms with Gasteiger partial charge in [-0.2, -0.15) is 0 Å². The molecule has 2 aromatic heterocycles. The molecule has 2 rings (SSSR count). The molecule has 2 aromatic rings. The average molecular weight is 250 g/mol. The predicted molar refractivity (Wildman–Crippen MR) is 66.3 cm³/mol. The van der Waals surface area contributed by atoms with Crippen LogP contribution >= 0.6 is 11.6 Å². The topological polar surface area (TPSA) is 47.8 Å². The summed E-state index contributed by atoms with van der Waals surface area (Å²) in [6.45, 7) is 3.96. The molecule has 0 N–H and O–H groups in total. The average Bonchev–Trinajstić information content (AvgIpc) is 2.23. The van der Waals surface area contributed by atoms with E-state index in [4.69, 9.17) is 11.6 Å². The third-order valence-corrected chi connectivity index (χ3v) is 2.59. The minimum atomic E-state index is -0.0336. The van der Waals surface area contributed by atoms with E-state index in [2.05, 4.69) is 9.97 Å². The van der Waals surface area contributed by atoms with Gasteiger partial charge in [-0.05, 0) is 26.0 Å². The highest BCUT2D eigenvalue weighted by Crippen LogP contribution is 2.07. The van der Waals surface area contributed by atoms with Crippen LogP contribution in [0.3, 0.4) is 0 Å². The molecule has 5 heteroatoms. The van der Waals surface area contributed by atoms with Gasteiger partial charge in [0.1, 0.15) is 11.0 Å². The summed E-state index contributed by atoms with van der Waals surface area (Å²) in [4.78, 5) is 20.2. The maximum atomic E-state index is 11.8. The van der Waals surface area contributed by atoms with Crippen LogP contribution in [0.25, 0.3) is 0 Å². The highest BCUT2D eigenvalue weighted by molar-refractivity contribution is 6.29. The van der Waals surface area contributed by atoms with Gasteiger partial charge in [-0.25, -0.2) is 9.97 Å². The van der Waals surface area contributed by atoms with E-state index in [-0.39, 0.29) is 5.56 Å². The Morgan fingerprint density at radius 2 is 2.12 bits per heavy atom. The molecule has 0 spiro atoms. The fourth-order valence-electron chi connectivity index (χ4n) is 1.59. The molecular formula is C12H12ClN3O. The highest BCUT2D eigenvalue weighted by atomic mass is 35.5. The third kappa shape index (κ3) is 2.71. The van der Waals surface area contributed by atoms with Gasteiger partial charge in [0, 0.05) is 17.5 Å². The lowest BCUT2D eigenvalue weighted by atomic mass is 10.3. The van der Waals surface area contributed by atoms with Gasteiger partial charge in [-0.3, -0.25) is 4.79 Å². The maximum absolute atomic E-state index is 11.8. The Morgan fingerprint density at radius 1 is 1.35 bits per heavy atom. The fourth-order valence-corrected chi connectivity index (χ4v) is 1.85. The monoisotopic (exact) mass is 249 g/mol. The van der Waals surface area contributed by atoms with Crippen LogP contribution in [0.15, 0.2) is 29.2 Å². The second kappa shape index (κ2) is 4.67. The van der Waals surface area contributed by atoms with Gasteiger partial charge in [0.05, 0.1) is 6.54 Å². The first kappa shape index (κ1) is 11.8. The van der Waals surface area contributed by atoms with Crippen LogP contribution in [0.4, 0.5) is 0 Å². The van der Waals surface area contributed by atoms with Crippen molar-refractivity contribution in [2.45, 2.75) is 20.4 Å². The number of pyridine rings is 1. The fraction of sp³-hybridized carbons (Fsp3) is 0.250. The molecular weight excluding hydrogens is 238 g/mol. The Morgan fingerprint density at radius 3 is 2.82 bits per heavy atom. The number of rotatable bonds is 2. The summed E-state index contributed by atoms with van der Waals surface area (Å²) < 4.78 is 1.57. The smallest absolute Gasteiger partial charge is 0.253 e. The van der Waals surface area contributed by atoms with E-state index in [1.54, 1.807) is 29.8 Å². The first-order valence-electron chi connectivity index (χ1n) is 5.22. The summed E-state index contributed by atoms with van der Waals surface area (Å²) in [6.07, 6.45) is 1.72. The number of hydrogen-bond acceptors (Lipinski definition) is 3. The van der Waals surface area contributed by atoms with Gasteiger partial charge < -0.3 is 4.57 Å². The van der Waals surface area contributed by atoms with Crippen molar-refractivity contribution in [3.63, 3.8) is 0 Å². The molecule has 4 nitrogen and oxygen atoms in total. The van der Waals surface area contributed by atoms with Gasteiger partial charge >= 0.3 is 0 Å². The van der Waals surface area contributed by atoms with Crippen LogP contribution in [-0.4, -0.2) is 14.5 Å². The summed E-state index contributed by atoms with van der Waals surface area (Å²) in [5.74, 6) is 0.544. The lowest BCUT2D eigenvalue weighted by Gasteiger charge is -2.06. The van der Waals surface area contributed by atoms with Crippen molar-refractivity contribution in [2.24, 2.45) is 0 Å². The summed E-state index contributed by atoms with van der Waals surface area (Å²) in [6, 6.07) is 5.29. The first-order chi connectivity index (χ1) is 8.06. The molecule has 0 aromatic carbocycles. The van der Waals surface area contributed by atoms with Crippen molar-refractivity contribution >= 4 is 11.6 Å². The quantitative estimate of drug-likeness (QED) is 0.765. The molecule has 0 unspecified atom stereocenters. The van der Waals surface area contributed by atoms with E-state index in [1.165, 1.54) is 0 Å². The largest absolute Gasteiger partial charge is 0.308 e. The first-order valence-corrected chi connectivity index (χ1v) is 5.60. The Kier molecular flexibility index (Phi) is 3.24. The summed E-state index contributed by atoms with van der Waals surface area (Å²) in [7, 11) is 0. The number of halogens is 1. The molecule has 0 aliphatic heterocycles. The zero-order valence-electron chi connectivity index (χ0n) is 9.64. The molecule has 0 saturated heterocycles. The van der Waals surface area contributed by atoms with Crippen molar-refractivity contribution in [1.29, 1.82) is 0 Å². The summed E-state index contributed by atoms with van der Waals surface area (Å²) >= 11 is 5.85. The van der Waals surface area contributed by atoms with Crippen molar-refractivity contribution in [3.05, 3.63) is 57.0 Å². The molecule has 88 valence electrons. The molecule has 0 radical (unpaired) electrons. The molecule has 0 amide bonds. The zero-order chi connectivity index (χ0) is 12.4. The van der Waals surface area contributed by atoms with Gasteiger partial charge in [0.15, 0.2) is 0 Å². The normalized spacial score (nSPS) is 10.5. The second-order valence-corrected chi connectivity index (χ2v) is 4.26. The van der Waals surface area contributed by atoms with Crippen LogP contribution in [-0.2, 0) is 6.54 Å². The van der Waals surface area contributed by atoms with Gasteiger partial charge in [0.2, 0.25) is 0 Å². The number of hydrogen-bond donors (Lipinski definition) is 0. The van der Waals surface area contributed by atoms with Gasteiger partial charge in [-0.15, -0.1) is 0 Å². The SMILES string of the molecule is Cc1cc(Cl)nc(Cn2cccc(C)c2=O)n1. The molecule has 0 aliphatic carbocycles. The molecule has 0 saturated carbocycles. The number of aryl methyl sites for hydroxylation is 2. The van der Waals surface area contributed by atoms with E-state index in [0.717, 1.165) is 5.69 Å². The molecule has 0 fully saturated rings. The highest BCUT2D eigenvalue weighted by Gasteiger charge is 2.04. The zero-order valence-corrected chi connectivity index (χ0v) is 10.4. The van der Waals surface area contributed by atoms with Crippen LogP contribution in [0.2, 0.25) is 5.15 Å². The van der Waals surface area contributed by atoms with Crippen molar-refractivity contribution in [1.82, 2.24) is 14.5 Å². The van der Waals surface area contributed by atoms with Gasteiger partial charge in [-0.1, -0.05) is 17.7 Å².